The number of thiophene rings is 1. The molecule has 0 aromatic carbocycles. The quantitative estimate of drug-likeness (QED) is 0.408. The summed E-state index contributed by atoms with van der Waals surface area (Å²) in [5.41, 5.74) is 0. The molecular formula is C17H31IN4S. The monoisotopic (exact) mass is 450 g/mol. The fourth-order valence-electron chi connectivity index (χ4n) is 2.89. The van der Waals surface area contributed by atoms with Crippen LogP contribution in [0.25, 0.3) is 0 Å². The van der Waals surface area contributed by atoms with Crippen molar-refractivity contribution in [2.45, 2.75) is 45.7 Å². The molecule has 1 fully saturated rings. The van der Waals surface area contributed by atoms with Crippen molar-refractivity contribution in [2.24, 2.45) is 10.9 Å². The van der Waals surface area contributed by atoms with Crippen molar-refractivity contribution in [3.63, 3.8) is 0 Å². The predicted molar refractivity (Wildman–Crippen MR) is 112 cm³/mol. The van der Waals surface area contributed by atoms with Gasteiger partial charge in [0.25, 0.3) is 0 Å². The highest BCUT2D eigenvalue weighted by Crippen LogP contribution is 2.28. The van der Waals surface area contributed by atoms with Gasteiger partial charge in [0.1, 0.15) is 0 Å². The summed E-state index contributed by atoms with van der Waals surface area (Å²) in [5.74, 6) is 1.76. The Balaban J connectivity index is 0.00000264. The van der Waals surface area contributed by atoms with Crippen molar-refractivity contribution in [1.29, 1.82) is 0 Å². The van der Waals surface area contributed by atoms with Crippen molar-refractivity contribution >= 4 is 41.3 Å². The van der Waals surface area contributed by atoms with Gasteiger partial charge in [-0.1, -0.05) is 13.0 Å². The minimum Gasteiger partial charge on any atom is -0.354 e. The van der Waals surface area contributed by atoms with Crippen LogP contribution in [0.4, 0.5) is 0 Å². The van der Waals surface area contributed by atoms with Crippen molar-refractivity contribution in [1.82, 2.24) is 15.5 Å². The number of nitrogens with one attached hydrogen (secondary N) is 2. The Morgan fingerprint density at radius 3 is 2.61 bits per heavy atom. The Morgan fingerprint density at radius 1 is 1.39 bits per heavy atom. The molecule has 1 saturated heterocycles. The first-order valence-electron chi connectivity index (χ1n) is 8.34. The lowest BCUT2D eigenvalue weighted by atomic mass is 9.97. The average molecular weight is 450 g/mol. The number of likely N-dealkylation sites (tertiary alicyclic amines) is 1. The van der Waals surface area contributed by atoms with E-state index in [0.29, 0.717) is 12.1 Å². The Morgan fingerprint density at radius 2 is 2.09 bits per heavy atom. The van der Waals surface area contributed by atoms with Gasteiger partial charge in [0.15, 0.2) is 5.96 Å². The predicted octanol–water partition coefficient (Wildman–Crippen LogP) is 3.71. The summed E-state index contributed by atoms with van der Waals surface area (Å²) >= 11 is 1.86. The maximum absolute atomic E-state index is 4.32. The molecular weight excluding hydrogens is 419 g/mol. The molecule has 132 valence electrons. The summed E-state index contributed by atoms with van der Waals surface area (Å²) in [4.78, 5) is 8.39. The fourth-order valence-corrected chi connectivity index (χ4v) is 3.75. The largest absolute Gasteiger partial charge is 0.354 e. The minimum absolute atomic E-state index is 0. The molecule has 6 heteroatoms. The van der Waals surface area contributed by atoms with Crippen LogP contribution in [0.5, 0.6) is 0 Å². The van der Waals surface area contributed by atoms with E-state index in [9.17, 15) is 0 Å². The van der Waals surface area contributed by atoms with Crippen LogP contribution in [0.15, 0.2) is 22.5 Å². The van der Waals surface area contributed by atoms with E-state index in [1.165, 1.54) is 30.8 Å². The molecule has 0 saturated carbocycles. The molecule has 1 unspecified atom stereocenters. The number of piperidine rings is 1. The molecule has 1 atom stereocenters. The van der Waals surface area contributed by atoms with Crippen LogP contribution in [0.2, 0.25) is 0 Å². The van der Waals surface area contributed by atoms with Crippen LogP contribution in [0.3, 0.4) is 0 Å². The number of rotatable bonds is 5. The van der Waals surface area contributed by atoms with Gasteiger partial charge in [-0.05, 0) is 57.1 Å². The third-order valence-electron chi connectivity index (χ3n) is 4.24. The Bertz CT molecular complexity index is 453. The molecule has 2 rings (SSSR count). The van der Waals surface area contributed by atoms with E-state index in [-0.39, 0.29) is 24.0 Å². The highest BCUT2D eigenvalue weighted by molar-refractivity contribution is 14.0. The summed E-state index contributed by atoms with van der Waals surface area (Å²) in [6.45, 7) is 9.93. The van der Waals surface area contributed by atoms with Gasteiger partial charge in [-0.15, -0.1) is 35.3 Å². The maximum atomic E-state index is 4.32. The zero-order valence-electron chi connectivity index (χ0n) is 14.7. The number of nitrogens with zero attached hydrogens (tertiary/aromatic N) is 2. The van der Waals surface area contributed by atoms with Gasteiger partial charge >= 0.3 is 0 Å². The zero-order chi connectivity index (χ0) is 15.9. The zero-order valence-corrected chi connectivity index (χ0v) is 17.9. The van der Waals surface area contributed by atoms with Gasteiger partial charge in [-0.3, -0.25) is 9.89 Å². The molecule has 2 N–H and O–H groups in total. The standard InChI is InChI=1S/C17H30N4S.HI/c1-13(2)20-17(18-4)19-12-15(16-6-5-11-22-16)21-9-7-14(3)8-10-21;/h5-6,11,13-15H,7-10,12H2,1-4H3,(H2,18,19,20);1H. The molecule has 23 heavy (non-hydrogen) atoms. The number of hydrogen-bond acceptors (Lipinski definition) is 3. The first-order valence-corrected chi connectivity index (χ1v) is 9.22. The summed E-state index contributed by atoms with van der Waals surface area (Å²) in [6.07, 6.45) is 2.61. The minimum atomic E-state index is 0. The second-order valence-electron chi connectivity index (χ2n) is 6.50. The van der Waals surface area contributed by atoms with Crippen LogP contribution in [-0.4, -0.2) is 43.6 Å². The number of aliphatic imine (C=N–C) groups is 1. The summed E-state index contributed by atoms with van der Waals surface area (Å²) < 4.78 is 0. The molecule has 1 aliphatic rings. The van der Waals surface area contributed by atoms with Gasteiger partial charge in [-0.25, -0.2) is 0 Å². The molecule has 1 aromatic rings. The molecule has 4 nitrogen and oxygen atoms in total. The Hall–Kier alpha value is -0.340. The summed E-state index contributed by atoms with van der Waals surface area (Å²) in [5, 5.41) is 9.04. The fraction of sp³-hybridized carbons (Fsp3) is 0.706. The number of guanidine groups is 1. The van der Waals surface area contributed by atoms with Crippen LogP contribution < -0.4 is 10.6 Å². The van der Waals surface area contributed by atoms with Crippen molar-refractivity contribution in [3.05, 3.63) is 22.4 Å². The molecule has 2 heterocycles. The van der Waals surface area contributed by atoms with Crippen LogP contribution >= 0.6 is 35.3 Å². The molecule has 1 aliphatic heterocycles. The lowest BCUT2D eigenvalue weighted by Crippen LogP contribution is -2.46. The molecule has 0 bridgehead atoms. The van der Waals surface area contributed by atoms with Crippen molar-refractivity contribution in [3.8, 4) is 0 Å². The van der Waals surface area contributed by atoms with Gasteiger partial charge in [0, 0.05) is 24.5 Å². The first-order chi connectivity index (χ1) is 10.6. The SMILES string of the molecule is CN=C(NCC(c1cccs1)N1CCC(C)CC1)NC(C)C.I. The Kier molecular flexibility index (Phi) is 9.46. The highest BCUT2D eigenvalue weighted by atomic mass is 127. The molecule has 0 aliphatic carbocycles. The summed E-state index contributed by atoms with van der Waals surface area (Å²) in [6, 6.07) is 5.24. The normalized spacial score (nSPS) is 18.6. The second-order valence-corrected chi connectivity index (χ2v) is 7.48. The molecule has 0 radical (unpaired) electrons. The molecule has 0 spiro atoms. The average Bonchev–Trinajstić information content (AvgIpc) is 3.01. The van der Waals surface area contributed by atoms with Gasteiger partial charge in [-0.2, -0.15) is 0 Å². The highest BCUT2D eigenvalue weighted by Gasteiger charge is 2.25. The van der Waals surface area contributed by atoms with Gasteiger partial charge in [0.05, 0.1) is 6.04 Å². The smallest absolute Gasteiger partial charge is 0.191 e. The van der Waals surface area contributed by atoms with E-state index in [0.717, 1.165) is 18.4 Å². The first kappa shape index (κ1) is 20.7. The summed E-state index contributed by atoms with van der Waals surface area (Å²) in [7, 11) is 1.83. The van der Waals surface area contributed by atoms with E-state index < -0.39 is 0 Å². The number of halogens is 1. The van der Waals surface area contributed by atoms with E-state index in [2.05, 4.69) is 58.8 Å². The maximum Gasteiger partial charge on any atom is 0.191 e. The van der Waals surface area contributed by atoms with Crippen LogP contribution in [-0.2, 0) is 0 Å². The van der Waals surface area contributed by atoms with Gasteiger partial charge in [0.2, 0.25) is 0 Å². The third-order valence-corrected chi connectivity index (χ3v) is 5.22. The van der Waals surface area contributed by atoms with Crippen LogP contribution in [0, 0.1) is 5.92 Å². The molecule has 1 aromatic heterocycles. The number of hydrogen-bond donors (Lipinski definition) is 2. The van der Waals surface area contributed by atoms with Gasteiger partial charge < -0.3 is 10.6 Å². The third kappa shape index (κ3) is 6.58. The van der Waals surface area contributed by atoms with E-state index in [1.807, 2.05) is 18.4 Å². The Labute approximate surface area is 162 Å². The topological polar surface area (TPSA) is 39.7 Å². The van der Waals surface area contributed by atoms with E-state index in [4.69, 9.17) is 0 Å². The lowest BCUT2D eigenvalue weighted by Gasteiger charge is -2.36. The van der Waals surface area contributed by atoms with Crippen LogP contribution in [0.1, 0.15) is 44.5 Å². The van der Waals surface area contributed by atoms with E-state index >= 15 is 0 Å². The lowest BCUT2D eigenvalue weighted by molar-refractivity contribution is 0.140. The van der Waals surface area contributed by atoms with E-state index in [1.54, 1.807) is 0 Å². The molecule has 0 amide bonds. The van der Waals surface area contributed by atoms with Crippen molar-refractivity contribution < 1.29 is 0 Å². The second kappa shape index (κ2) is 10.5. The van der Waals surface area contributed by atoms with Crippen molar-refractivity contribution in [2.75, 3.05) is 26.7 Å².